The number of anilines is 1. The van der Waals surface area contributed by atoms with Gasteiger partial charge in [-0.05, 0) is 42.5 Å². The Labute approximate surface area is 170 Å². The third-order valence-corrected chi connectivity index (χ3v) is 6.01. The summed E-state index contributed by atoms with van der Waals surface area (Å²) >= 11 is 1.40. The Morgan fingerprint density at radius 3 is 2.83 bits per heavy atom. The van der Waals surface area contributed by atoms with E-state index in [2.05, 4.69) is 38.7 Å². The van der Waals surface area contributed by atoms with Crippen molar-refractivity contribution >= 4 is 33.1 Å². The van der Waals surface area contributed by atoms with E-state index in [4.69, 9.17) is 0 Å². The Morgan fingerprint density at radius 2 is 1.93 bits per heavy atom. The molecule has 0 fully saturated rings. The lowest BCUT2D eigenvalue weighted by molar-refractivity contribution is -0.115. The second-order valence-corrected chi connectivity index (χ2v) is 8.00. The van der Waals surface area contributed by atoms with Crippen LogP contribution in [0, 0.1) is 0 Å². The molecule has 7 heteroatoms. The number of aromatic amines is 1. The first-order chi connectivity index (χ1) is 14.2. The molecule has 0 unspecified atom stereocenters. The molecular weight excluding hydrogens is 384 g/mol. The zero-order valence-electron chi connectivity index (χ0n) is 15.6. The summed E-state index contributed by atoms with van der Waals surface area (Å²) < 4.78 is 0. The molecule has 144 valence electrons. The van der Waals surface area contributed by atoms with Gasteiger partial charge in [0.15, 0.2) is 5.13 Å². The summed E-state index contributed by atoms with van der Waals surface area (Å²) in [4.78, 5) is 29.0. The van der Waals surface area contributed by atoms with Crippen LogP contribution in [0.1, 0.15) is 23.2 Å². The van der Waals surface area contributed by atoms with Crippen molar-refractivity contribution in [2.45, 2.75) is 25.7 Å². The highest BCUT2D eigenvalue weighted by Crippen LogP contribution is 2.30. The van der Waals surface area contributed by atoms with Crippen molar-refractivity contribution in [3.05, 3.63) is 75.0 Å². The SMILES string of the molecule is O=C(Cc1n[nH]c(=O)c2ccccc12)Nc1nc(-c2ccc3c(c2)CCC3)cs1. The van der Waals surface area contributed by atoms with Gasteiger partial charge in [-0.1, -0.05) is 30.3 Å². The third-order valence-electron chi connectivity index (χ3n) is 5.25. The van der Waals surface area contributed by atoms with Gasteiger partial charge in [0.1, 0.15) is 0 Å². The molecule has 1 aliphatic carbocycles. The second kappa shape index (κ2) is 7.25. The van der Waals surface area contributed by atoms with Gasteiger partial charge in [-0.25, -0.2) is 10.1 Å². The predicted molar refractivity (Wildman–Crippen MR) is 114 cm³/mol. The average Bonchev–Trinajstić information content (AvgIpc) is 3.39. The number of aromatic nitrogens is 3. The molecule has 5 rings (SSSR count). The number of hydrogen-bond acceptors (Lipinski definition) is 5. The van der Waals surface area contributed by atoms with E-state index in [1.54, 1.807) is 18.2 Å². The molecule has 4 aromatic rings. The summed E-state index contributed by atoms with van der Waals surface area (Å²) in [5.41, 5.74) is 5.05. The van der Waals surface area contributed by atoms with Gasteiger partial charge in [-0.15, -0.1) is 11.3 Å². The number of hydrogen-bond donors (Lipinski definition) is 2. The summed E-state index contributed by atoms with van der Waals surface area (Å²) in [6.45, 7) is 0. The first-order valence-electron chi connectivity index (χ1n) is 9.51. The first-order valence-corrected chi connectivity index (χ1v) is 10.4. The molecule has 0 saturated heterocycles. The van der Waals surface area contributed by atoms with Crippen molar-refractivity contribution in [3.63, 3.8) is 0 Å². The van der Waals surface area contributed by atoms with E-state index >= 15 is 0 Å². The average molecular weight is 402 g/mol. The predicted octanol–water partition coefficient (Wildman–Crippen LogP) is 3.72. The fourth-order valence-corrected chi connectivity index (χ4v) is 4.55. The van der Waals surface area contributed by atoms with Crippen molar-refractivity contribution in [2.24, 2.45) is 0 Å². The van der Waals surface area contributed by atoms with E-state index in [9.17, 15) is 9.59 Å². The van der Waals surface area contributed by atoms with Crippen LogP contribution in [0.4, 0.5) is 5.13 Å². The van der Waals surface area contributed by atoms with E-state index in [0.29, 0.717) is 21.6 Å². The molecule has 0 saturated carbocycles. The summed E-state index contributed by atoms with van der Waals surface area (Å²) in [7, 11) is 0. The molecule has 2 N–H and O–H groups in total. The third kappa shape index (κ3) is 3.45. The van der Waals surface area contributed by atoms with Gasteiger partial charge in [-0.2, -0.15) is 5.10 Å². The highest BCUT2D eigenvalue weighted by molar-refractivity contribution is 7.14. The molecule has 29 heavy (non-hydrogen) atoms. The summed E-state index contributed by atoms with van der Waals surface area (Å²) in [5.74, 6) is -0.218. The van der Waals surface area contributed by atoms with E-state index in [-0.39, 0.29) is 17.9 Å². The van der Waals surface area contributed by atoms with Crippen LogP contribution in [-0.2, 0) is 24.1 Å². The molecule has 0 aliphatic heterocycles. The quantitative estimate of drug-likeness (QED) is 0.545. The lowest BCUT2D eigenvalue weighted by Crippen LogP contribution is -2.18. The van der Waals surface area contributed by atoms with E-state index in [1.165, 1.54) is 28.9 Å². The van der Waals surface area contributed by atoms with Crippen LogP contribution >= 0.6 is 11.3 Å². The lowest BCUT2D eigenvalue weighted by Gasteiger charge is -2.05. The Hall–Kier alpha value is -3.32. The zero-order valence-corrected chi connectivity index (χ0v) is 16.4. The highest BCUT2D eigenvalue weighted by atomic mass is 32.1. The number of nitrogens with one attached hydrogen (secondary N) is 2. The zero-order chi connectivity index (χ0) is 19.8. The van der Waals surface area contributed by atoms with Crippen molar-refractivity contribution in [3.8, 4) is 11.3 Å². The topological polar surface area (TPSA) is 87.7 Å². The number of fused-ring (bicyclic) bond motifs is 2. The highest BCUT2D eigenvalue weighted by Gasteiger charge is 2.15. The van der Waals surface area contributed by atoms with Gasteiger partial charge in [0.25, 0.3) is 5.56 Å². The monoisotopic (exact) mass is 402 g/mol. The maximum Gasteiger partial charge on any atom is 0.272 e. The van der Waals surface area contributed by atoms with Crippen LogP contribution in [-0.4, -0.2) is 21.1 Å². The maximum atomic E-state index is 12.5. The van der Waals surface area contributed by atoms with Crippen LogP contribution in [0.2, 0.25) is 0 Å². The standard InChI is InChI=1S/C22H18N4O2S/c27-20(11-18-16-6-1-2-7-17(16)21(28)26-25-18)24-22-23-19(12-29-22)15-9-8-13-4-3-5-14(13)10-15/h1-2,6-10,12H,3-5,11H2,(H,26,28)(H,23,24,27). The van der Waals surface area contributed by atoms with E-state index in [1.807, 2.05) is 11.4 Å². The van der Waals surface area contributed by atoms with E-state index < -0.39 is 0 Å². The fraction of sp³-hybridized carbons (Fsp3) is 0.182. The van der Waals surface area contributed by atoms with Crippen LogP contribution < -0.4 is 10.9 Å². The molecule has 0 radical (unpaired) electrons. The van der Waals surface area contributed by atoms with Crippen molar-refractivity contribution in [1.82, 2.24) is 15.2 Å². The minimum atomic E-state index is -0.260. The molecule has 0 atom stereocenters. The van der Waals surface area contributed by atoms with Crippen LogP contribution in [0.5, 0.6) is 0 Å². The van der Waals surface area contributed by atoms with Crippen LogP contribution in [0.25, 0.3) is 22.0 Å². The number of aryl methyl sites for hydroxylation is 2. The Balaban J connectivity index is 1.34. The molecule has 1 aliphatic rings. The van der Waals surface area contributed by atoms with Gasteiger partial charge in [0, 0.05) is 16.3 Å². The molecule has 2 heterocycles. The minimum Gasteiger partial charge on any atom is -0.302 e. The van der Waals surface area contributed by atoms with Crippen LogP contribution in [0.15, 0.2) is 52.6 Å². The summed E-state index contributed by atoms with van der Waals surface area (Å²) in [6, 6.07) is 13.6. The summed E-state index contributed by atoms with van der Waals surface area (Å²) in [5, 5.41) is 13.1. The molecule has 6 nitrogen and oxygen atoms in total. The largest absolute Gasteiger partial charge is 0.302 e. The number of rotatable bonds is 4. The molecule has 0 spiro atoms. The van der Waals surface area contributed by atoms with Crippen molar-refractivity contribution in [1.29, 1.82) is 0 Å². The number of carbonyl (C=O) groups excluding carboxylic acids is 1. The number of thiazole rings is 1. The normalized spacial score (nSPS) is 12.8. The van der Waals surface area contributed by atoms with Crippen LogP contribution in [0.3, 0.4) is 0 Å². The maximum absolute atomic E-state index is 12.5. The lowest BCUT2D eigenvalue weighted by atomic mass is 10.1. The smallest absolute Gasteiger partial charge is 0.272 e. The number of H-pyrrole nitrogens is 1. The van der Waals surface area contributed by atoms with Gasteiger partial charge in [0.2, 0.25) is 5.91 Å². The number of benzene rings is 2. The minimum absolute atomic E-state index is 0.0606. The van der Waals surface area contributed by atoms with Crippen molar-refractivity contribution in [2.75, 3.05) is 5.32 Å². The Bertz CT molecular complexity index is 1290. The molecule has 1 amide bonds. The van der Waals surface area contributed by atoms with Crippen molar-refractivity contribution < 1.29 is 4.79 Å². The number of carbonyl (C=O) groups is 1. The molecular formula is C22H18N4O2S. The molecule has 2 aromatic carbocycles. The second-order valence-electron chi connectivity index (χ2n) is 7.14. The van der Waals surface area contributed by atoms with Gasteiger partial charge < -0.3 is 5.32 Å². The summed E-state index contributed by atoms with van der Waals surface area (Å²) in [6.07, 6.45) is 3.55. The first kappa shape index (κ1) is 17.8. The van der Waals surface area contributed by atoms with Gasteiger partial charge in [-0.3, -0.25) is 9.59 Å². The molecule has 2 aromatic heterocycles. The van der Waals surface area contributed by atoms with E-state index in [0.717, 1.165) is 24.1 Å². The van der Waals surface area contributed by atoms with Gasteiger partial charge in [0.05, 0.1) is 23.2 Å². The molecule has 0 bridgehead atoms. The Morgan fingerprint density at radius 1 is 1.10 bits per heavy atom. The van der Waals surface area contributed by atoms with Gasteiger partial charge >= 0.3 is 0 Å². The number of nitrogens with zero attached hydrogens (tertiary/aromatic N) is 2. The number of amides is 1. The Kier molecular flexibility index (Phi) is 4.44. The fourth-order valence-electron chi connectivity index (χ4n) is 3.82.